The van der Waals surface area contributed by atoms with E-state index in [2.05, 4.69) is 16.0 Å². The molecule has 3 amide bonds. The van der Waals surface area contributed by atoms with Gasteiger partial charge < -0.3 is 20.4 Å². The van der Waals surface area contributed by atoms with Gasteiger partial charge in [-0.15, -0.1) is 0 Å². The van der Waals surface area contributed by atoms with E-state index in [1.165, 1.54) is 25.5 Å². The van der Waals surface area contributed by atoms with Crippen LogP contribution in [-0.4, -0.2) is 18.0 Å². The number of nitrogens with one attached hydrogen (secondary N) is 3. The van der Waals surface area contributed by atoms with Crippen LogP contribution in [0.2, 0.25) is 0 Å². The van der Waals surface area contributed by atoms with Crippen molar-refractivity contribution < 1.29 is 14.0 Å². The monoisotopic (exact) mass is 341 g/mol. The highest BCUT2D eigenvalue weighted by Gasteiger charge is 2.15. The highest BCUT2D eigenvalue weighted by atomic mass is 16.3. The molecule has 3 rings (SSSR count). The summed E-state index contributed by atoms with van der Waals surface area (Å²) >= 11 is 0. The second kappa shape index (κ2) is 8.37. The zero-order valence-corrected chi connectivity index (χ0v) is 14.1. The molecule has 0 aliphatic heterocycles. The van der Waals surface area contributed by atoms with E-state index in [-0.39, 0.29) is 17.7 Å². The average Bonchev–Trinajstić information content (AvgIpc) is 3.17. The maximum Gasteiger partial charge on any atom is 0.315 e. The predicted octanol–water partition coefficient (Wildman–Crippen LogP) is 3.66. The summed E-state index contributed by atoms with van der Waals surface area (Å²) in [7, 11) is 0. The largest absolute Gasteiger partial charge is 0.459 e. The number of furan rings is 1. The van der Waals surface area contributed by atoms with Crippen molar-refractivity contribution in [3.05, 3.63) is 54.0 Å². The molecule has 1 aliphatic rings. The minimum Gasteiger partial charge on any atom is -0.459 e. The van der Waals surface area contributed by atoms with Crippen molar-refractivity contribution in [1.29, 1.82) is 0 Å². The molecule has 1 aromatic heterocycles. The second-order valence-electron chi connectivity index (χ2n) is 6.29. The van der Waals surface area contributed by atoms with E-state index in [0.717, 1.165) is 18.4 Å². The highest BCUT2D eigenvalue weighted by Crippen LogP contribution is 2.17. The fourth-order valence-corrected chi connectivity index (χ4v) is 2.97. The van der Waals surface area contributed by atoms with Gasteiger partial charge >= 0.3 is 6.03 Å². The molecule has 1 heterocycles. The number of hydrogen-bond donors (Lipinski definition) is 3. The van der Waals surface area contributed by atoms with E-state index in [1.54, 1.807) is 24.3 Å². The number of carbonyl (C=O) groups is 2. The first-order chi connectivity index (χ1) is 12.2. The summed E-state index contributed by atoms with van der Waals surface area (Å²) in [5.74, 6) is -0.0205. The van der Waals surface area contributed by atoms with Crippen LogP contribution in [0.3, 0.4) is 0 Å². The second-order valence-corrected chi connectivity index (χ2v) is 6.29. The molecule has 3 N–H and O–H groups in total. The first-order valence-corrected chi connectivity index (χ1v) is 8.69. The van der Waals surface area contributed by atoms with Gasteiger partial charge in [-0.2, -0.15) is 0 Å². The molecular formula is C19H23N3O3. The summed E-state index contributed by atoms with van der Waals surface area (Å²) in [5, 5.41) is 8.66. The molecule has 6 heteroatoms. The molecule has 1 aromatic carbocycles. The van der Waals surface area contributed by atoms with Crippen LogP contribution >= 0.6 is 0 Å². The number of benzene rings is 1. The Morgan fingerprint density at radius 2 is 1.80 bits per heavy atom. The lowest BCUT2D eigenvalue weighted by atomic mass is 9.96. The van der Waals surface area contributed by atoms with Crippen molar-refractivity contribution >= 4 is 17.6 Å². The predicted molar refractivity (Wildman–Crippen MR) is 95.3 cm³/mol. The lowest BCUT2D eigenvalue weighted by Gasteiger charge is -2.22. The molecule has 1 aliphatic carbocycles. The van der Waals surface area contributed by atoms with E-state index in [0.29, 0.717) is 18.3 Å². The summed E-state index contributed by atoms with van der Waals surface area (Å²) < 4.78 is 5.05. The van der Waals surface area contributed by atoms with Gasteiger partial charge in [0, 0.05) is 18.3 Å². The highest BCUT2D eigenvalue weighted by molar-refractivity contribution is 6.02. The fourth-order valence-electron chi connectivity index (χ4n) is 2.97. The van der Waals surface area contributed by atoms with Gasteiger partial charge in [0.15, 0.2) is 5.76 Å². The molecule has 2 aromatic rings. The van der Waals surface area contributed by atoms with E-state index in [4.69, 9.17) is 4.42 Å². The first kappa shape index (κ1) is 17.1. The Balaban J connectivity index is 1.44. The van der Waals surface area contributed by atoms with Crippen molar-refractivity contribution in [2.24, 2.45) is 0 Å². The summed E-state index contributed by atoms with van der Waals surface area (Å²) in [6.07, 6.45) is 7.24. The molecule has 1 fully saturated rings. The molecule has 1 saturated carbocycles. The third-order valence-corrected chi connectivity index (χ3v) is 4.35. The Bertz CT molecular complexity index is 689. The standard InChI is InChI=1S/C19H23N3O3/c23-18(17-7-4-12-25-17)21-16-10-8-14(9-11-16)13-20-19(24)22-15-5-2-1-3-6-15/h4,7-12,15H,1-3,5-6,13H2,(H,21,23)(H2,20,22,24). The SMILES string of the molecule is O=C(NCc1ccc(NC(=O)c2ccco2)cc1)NC1CCCCC1. The first-order valence-electron chi connectivity index (χ1n) is 8.69. The van der Waals surface area contributed by atoms with Crippen LogP contribution in [0.25, 0.3) is 0 Å². The number of amides is 3. The third kappa shape index (κ3) is 5.11. The molecule has 0 radical (unpaired) electrons. The molecule has 25 heavy (non-hydrogen) atoms. The van der Waals surface area contributed by atoms with Crippen LogP contribution in [0.15, 0.2) is 47.1 Å². The number of carbonyl (C=O) groups excluding carboxylic acids is 2. The van der Waals surface area contributed by atoms with Crippen LogP contribution in [0.5, 0.6) is 0 Å². The Kier molecular flexibility index (Phi) is 5.72. The Labute approximate surface area is 147 Å². The smallest absolute Gasteiger partial charge is 0.315 e. The lowest BCUT2D eigenvalue weighted by Crippen LogP contribution is -2.42. The van der Waals surface area contributed by atoms with Gasteiger partial charge in [0.25, 0.3) is 5.91 Å². The van der Waals surface area contributed by atoms with Crippen LogP contribution < -0.4 is 16.0 Å². The van der Waals surface area contributed by atoms with Crippen molar-refractivity contribution in [2.45, 2.75) is 44.7 Å². The zero-order chi connectivity index (χ0) is 17.5. The summed E-state index contributed by atoms with van der Waals surface area (Å²) in [5.41, 5.74) is 1.64. The van der Waals surface area contributed by atoms with Gasteiger partial charge in [0.05, 0.1) is 6.26 Å². The van der Waals surface area contributed by atoms with Crippen molar-refractivity contribution in [1.82, 2.24) is 10.6 Å². The number of hydrogen-bond acceptors (Lipinski definition) is 3. The quantitative estimate of drug-likeness (QED) is 0.776. The van der Waals surface area contributed by atoms with E-state index < -0.39 is 0 Å². The van der Waals surface area contributed by atoms with Crippen molar-refractivity contribution in [3.63, 3.8) is 0 Å². The molecule has 0 spiro atoms. The third-order valence-electron chi connectivity index (χ3n) is 4.35. The molecule has 0 bridgehead atoms. The van der Waals surface area contributed by atoms with Crippen LogP contribution in [0.1, 0.15) is 48.2 Å². The minimum absolute atomic E-state index is 0.123. The lowest BCUT2D eigenvalue weighted by molar-refractivity contribution is 0.0996. The number of rotatable bonds is 5. The molecule has 132 valence electrons. The van der Waals surface area contributed by atoms with Crippen molar-refractivity contribution in [3.8, 4) is 0 Å². The average molecular weight is 341 g/mol. The summed E-state index contributed by atoms with van der Waals surface area (Å²) in [6.45, 7) is 0.449. The maximum atomic E-state index is 11.9. The molecule has 0 unspecified atom stereocenters. The molecule has 6 nitrogen and oxygen atoms in total. The Morgan fingerprint density at radius 3 is 2.48 bits per heavy atom. The Morgan fingerprint density at radius 1 is 1.04 bits per heavy atom. The van der Waals surface area contributed by atoms with Gasteiger partial charge in [-0.05, 0) is 42.7 Å². The van der Waals surface area contributed by atoms with E-state index in [9.17, 15) is 9.59 Å². The van der Waals surface area contributed by atoms with Crippen LogP contribution in [0.4, 0.5) is 10.5 Å². The van der Waals surface area contributed by atoms with Crippen LogP contribution in [-0.2, 0) is 6.54 Å². The van der Waals surface area contributed by atoms with Crippen LogP contribution in [0, 0.1) is 0 Å². The minimum atomic E-state index is -0.289. The number of urea groups is 1. The van der Waals surface area contributed by atoms with E-state index in [1.807, 2.05) is 12.1 Å². The van der Waals surface area contributed by atoms with Gasteiger partial charge in [0.1, 0.15) is 0 Å². The fraction of sp³-hybridized carbons (Fsp3) is 0.368. The van der Waals surface area contributed by atoms with Crippen molar-refractivity contribution in [2.75, 3.05) is 5.32 Å². The normalized spacial score (nSPS) is 14.7. The van der Waals surface area contributed by atoms with Gasteiger partial charge in [-0.25, -0.2) is 4.79 Å². The van der Waals surface area contributed by atoms with Gasteiger partial charge in [-0.3, -0.25) is 4.79 Å². The van der Waals surface area contributed by atoms with Gasteiger partial charge in [-0.1, -0.05) is 31.4 Å². The van der Waals surface area contributed by atoms with Gasteiger partial charge in [0.2, 0.25) is 0 Å². The molecular weight excluding hydrogens is 318 g/mol. The summed E-state index contributed by atoms with van der Waals surface area (Å²) in [6, 6.07) is 10.8. The topological polar surface area (TPSA) is 83.4 Å². The molecule has 0 saturated heterocycles. The summed E-state index contributed by atoms with van der Waals surface area (Å²) in [4.78, 5) is 23.8. The maximum absolute atomic E-state index is 11.9. The number of anilines is 1. The molecule has 0 atom stereocenters. The Hall–Kier alpha value is -2.76. The van der Waals surface area contributed by atoms with E-state index >= 15 is 0 Å². The zero-order valence-electron chi connectivity index (χ0n) is 14.1.